The number of hydrogen-bond donors (Lipinski definition) is 2. The zero-order chi connectivity index (χ0) is 19.1. The van der Waals surface area contributed by atoms with Gasteiger partial charge in [0.1, 0.15) is 6.29 Å². The molecule has 1 amide bonds. The van der Waals surface area contributed by atoms with Crippen LogP contribution in [-0.4, -0.2) is 25.3 Å². The number of nitrogens with two attached hydrogens (primary N) is 1. The molecule has 154 valence electrons. The van der Waals surface area contributed by atoms with Gasteiger partial charge >= 0.3 is 0 Å². The van der Waals surface area contributed by atoms with Crippen LogP contribution in [0.4, 0.5) is 0 Å². The maximum absolute atomic E-state index is 11.8. The van der Waals surface area contributed by atoms with Crippen molar-refractivity contribution < 1.29 is 9.59 Å². The van der Waals surface area contributed by atoms with Crippen LogP contribution >= 0.6 is 0 Å². The van der Waals surface area contributed by atoms with E-state index in [1.807, 2.05) is 0 Å². The Labute approximate surface area is 162 Å². The van der Waals surface area contributed by atoms with E-state index >= 15 is 0 Å². The zero-order valence-corrected chi connectivity index (χ0v) is 17.1. The van der Waals surface area contributed by atoms with Crippen LogP contribution in [0, 0.1) is 0 Å². The van der Waals surface area contributed by atoms with Crippen LogP contribution in [0.1, 0.15) is 116 Å². The monoisotopic (exact) mass is 368 g/mol. The summed E-state index contributed by atoms with van der Waals surface area (Å²) in [7, 11) is 0. The van der Waals surface area contributed by atoms with Gasteiger partial charge in [-0.25, -0.2) is 0 Å². The predicted octanol–water partition coefficient (Wildman–Crippen LogP) is 5.28. The molecule has 0 aliphatic carbocycles. The van der Waals surface area contributed by atoms with Crippen LogP contribution < -0.4 is 11.1 Å². The molecule has 0 bridgehead atoms. The fraction of sp³-hybridized carbons (Fsp3) is 0.909. The van der Waals surface area contributed by atoms with Crippen LogP contribution in [0.2, 0.25) is 0 Å². The summed E-state index contributed by atoms with van der Waals surface area (Å²) in [4.78, 5) is 22.0. The van der Waals surface area contributed by atoms with Gasteiger partial charge in [0, 0.05) is 19.4 Å². The summed E-state index contributed by atoms with van der Waals surface area (Å²) >= 11 is 0. The molecule has 0 fully saturated rings. The average molecular weight is 369 g/mol. The van der Waals surface area contributed by atoms with Crippen molar-refractivity contribution in [1.29, 1.82) is 0 Å². The standard InChI is InChI=1S/C22H44N2O2/c23-19-15-11-7-3-4-8-12-16-20-24-22(26)18-14-10-6-2-1-5-9-13-17-21-25/h21H,1-20,23H2,(H,24,26). The van der Waals surface area contributed by atoms with E-state index in [2.05, 4.69) is 5.32 Å². The molecule has 0 heterocycles. The van der Waals surface area contributed by atoms with Gasteiger partial charge in [-0.3, -0.25) is 4.79 Å². The third kappa shape index (κ3) is 21.1. The van der Waals surface area contributed by atoms with Gasteiger partial charge in [0.05, 0.1) is 0 Å². The summed E-state index contributed by atoms with van der Waals surface area (Å²) in [6.07, 6.45) is 21.8. The highest BCUT2D eigenvalue weighted by molar-refractivity contribution is 5.75. The van der Waals surface area contributed by atoms with Crippen LogP contribution in [0.5, 0.6) is 0 Å². The summed E-state index contributed by atoms with van der Waals surface area (Å²) in [6.45, 7) is 1.66. The predicted molar refractivity (Wildman–Crippen MR) is 111 cm³/mol. The molecule has 3 N–H and O–H groups in total. The van der Waals surface area contributed by atoms with Crippen molar-refractivity contribution >= 4 is 12.2 Å². The highest BCUT2D eigenvalue weighted by Crippen LogP contribution is 2.10. The molecule has 4 heteroatoms. The highest BCUT2D eigenvalue weighted by atomic mass is 16.1. The molecule has 0 aromatic heterocycles. The second-order valence-electron chi connectivity index (χ2n) is 7.50. The van der Waals surface area contributed by atoms with Crippen LogP contribution in [0.15, 0.2) is 0 Å². The summed E-state index contributed by atoms with van der Waals surface area (Å²) in [5.74, 6) is 0.223. The minimum Gasteiger partial charge on any atom is -0.356 e. The molecule has 0 aliphatic heterocycles. The van der Waals surface area contributed by atoms with E-state index in [9.17, 15) is 9.59 Å². The van der Waals surface area contributed by atoms with E-state index in [4.69, 9.17) is 5.73 Å². The number of carbonyl (C=O) groups excluding carboxylic acids is 2. The molecule has 0 saturated carbocycles. The van der Waals surface area contributed by atoms with Gasteiger partial charge in [-0.15, -0.1) is 0 Å². The number of amides is 1. The number of nitrogens with one attached hydrogen (secondary N) is 1. The third-order valence-electron chi connectivity index (χ3n) is 4.93. The summed E-state index contributed by atoms with van der Waals surface area (Å²) in [5, 5.41) is 3.05. The van der Waals surface area contributed by atoms with Gasteiger partial charge in [-0.2, -0.15) is 0 Å². The Bertz CT molecular complexity index is 309. The maximum Gasteiger partial charge on any atom is 0.219 e. The van der Waals surface area contributed by atoms with Crippen molar-refractivity contribution in [2.45, 2.75) is 116 Å². The van der Waals surface area contributed by atoms with Crippen LogP contribution in [0.25, 0.3) is 0 Å². The molecular weight excluding hydrogens is 324 g/mol. The van der Waals surface area contributed by atoms with E-state index in [0.29, 0.717) is 12.8 Å². The number of aldehydes is 1. The van der Waals surface area contributed by atoms with Crippen LogP contribution in [0.3, 0.4) is 0 Å². The zero-order valence-electron chi connectivity index (χ0n) is 17.1. The molecule has 0 unspecified atom stereocenters. The lowest BCUT2D eigenvalue weighted by Crippen LogP contribution is -2.23. The molecule has 4 nitrogen and oxygen atoms in total. The first-order valence-electron chi connectivity index (χ1n) is 11.2. The van der Waals surface area contributed by atoms with E-state index in [0.717, 1.165) is 51.5 Å². The molecule has 0 spiro atoms. The molecule has 0 aromatic rings. The van der Waals surface area contributed by atoms with Crippen molar-refractivity contribution in [2.75, 3.05) is 13.1 Å². The Morgan fingerprint density at radius 3 is 1.65 bits per heavy atom. The number of rotatable bonds is 21. The largest absolute Gasteiger partial charge is 0.356 e. The Morgan fingerprint density at radius 2 is 1.12 bits per heavy atom. The van der Waals surface area contributed by atoms with E-state index in [1.54, 1.807) is 0 Å². The lowest BCUT2D eigenvalue weighted by Gasteiger charge is -2.06. The highest BCUT2D eigenvalue weighted by Gasteiger charge is 2.00. The molecule has 0 rings (SSSR count). The molecule has 0 aromatic carbocycles. The van der Waals surface area contributed by atoms with Crippen molar-refractivity contribution in [1.82, 2.24) is 5.32 Å². The summed E-state index contributed by atoms with van der Waals surface area (Å²) in [5.41, 5.74) is 5.48. The van der Waals surface area contributed by atoms with Crippen molar-refractivity contribution in [3.63, 3.8) is 0 Å². The second-order valence-corrected chi connectivity index (χ2v) is 7.50. The van der Waals surface area contributed by atoms with Gasteiger partial charge in [0.15, 0.2) is 0 Å². The van der Waals surface area contributed by atoms with Gasteiger partial charge in [0.2, 0.25) is 5.91 Å². The van der Waals surface area contributed by atoms with Gasteiger partial charge in [-0.1, -0.05) is 77.0 Å². The fourth-order valence-corrected chi connectivity index (χ4v) is 3.22. The smallest absolute Gasteiger partial charge is 0.219 e. The first-order valence-corrected chi connectivity index (χ1v) is 11.2. The molecular formula is C22H44N2O2. The quantitative estimate of drug-likeness (QED) is 0.214. The van der Waals surface area contributed by atoms with Gasteiger partial charge < -0.3 is 15.8 Å². The minimum atomic E-state index is 0.223. The van der Waals surface area contributed by atoms with E-state index < -0.39 is 0 Å². The fourth-order valence-electron chi connectivity index (χ4n) is 3.22. The first-order chi connectivity index (χ1) is 12.8. The van der Waals surface area contributed by atoms with Gasteiger partial charge in [0.25, 0.3) is 0 Å². The number of unbranched alkanes of at least 4 members (excludes halogenated alkanes) is 15. The molecule has 0 radical (unpaired) electrons. The SMILES string of the molecule is NCCCCCCCCCCNC(=O)CCCCCCCCCCC=O. The minimum absolute atomic E-state index is 0.223. The Morgan fingerprint density at radius 1 is 0.654 bits per heavy atom. The second kappa shape index (κ2) is 22.1. The summed E-state index contributed by atoms with van der Waals surface area (Å²) in [6, 6.07) is 0. The van der Waals surface area contributed by atoms with Crippen molar-refractivity contribution in [2.24, 2.45) is 5.73 Å². The topological polar surface area (TPSA) is 72.2 Å². The summed E-state index contributed by atoms with van der Waals surface area (Å²) < 4.78 is 0. The number of carbonyl (C=O) groups is 2. The lowest BCUT2D eigenvalue weighted by molar-refractivity contribution is -0.121. The Balaban J connectivity index is 3.14. The lowest BCUT2D eigenvalue weighted by atomic mass is 10.1. The van der Waals surface area contributed by atoms with E-state index in [-0.39, 0.29) is 5.91 Å². The first kappa shape index (κ1) is 25.1. The average Bonchev–Trinajstić information content (AvgIpc) is 2.64. The van der Waals surface area contributed by atoms with E-state index in [1.165, 1.54) is 70.6 Å². The number of hydrogen-bond acceptors (Lipinski definition) is 3. The molecule has 0 aliphatic rings. The van der Waals surface area contributed by atoms with Crippen LogP contribution in [-0.2, 0) is 9.59 Å². The Kier molecular flexibility index (Phi) is 21.4. The normalized spacial score (nSPS) is 10.8. The molecule has 0 saturated heterocycles. The maximum atomic E-state index is 11.8. The third-order valence-corrected chi connectivity index (χ3v) is 4.93. The Hall–Kier alpha value is -0.900. The van der Waals surface area contributed by atoms with Crippen molar-refractivity contribution in [3.8, 4) is 0 Å². The van der Waals surface area contributed by atoms with Crippen molar-refractivity contribution in [3.05, 3.63) is 0 Å². The molecule has 0 atom stereocenters. The molecule has 26 heavy (non-hydrogen) atoms. The van der Waals surface area contributed by atoms with Gasteiger partial charge in [-0.05, 0) is 32.2 Å².